The van der Waals surface area contributed by atoms with Gasteiger partial charge in [0.2, 0.25) is 10.0 Å². The summed E-state index contributed by atoms with van der Waals surface area (Å²) in [4.78, 5) is 9.87. The van der Waals surface area contributed by atoms with Crippen LogP contribution in [-0.4, -0.2) is 31.6 Å². The van der Waals surface area contributed by atoms with E-state index in [4.69, 9.17) is 5.11 Å². The highest BCUT2D eigenvalue weighted by atomic mass is 32.2. The van der Waals surface area contributed by atoms with Crippen LogP contribution >= 0.6 is 0 Å². The van der Waals surface area contributed by atoms with E-state index in [2.05, 4.69) is 4.72 Å². The summed E-state index contributed by atoms with van der Waals surface area (Å²) in [7, 11) is -3.78. The van der Waals surface area contributed by atoms with Gasteiger partial charge in [-0.2, -0.15) is 0 Å². The lowest BCUT2D eigenvalue weighted by Gasteiger charge is -2.14. The average molecular weight is 302 g/mol. The van der Waals surface area contributed by atoms with Crippen molar-refractivity contribution in [1.82, 2.24) is 4.72 Å². The summed E-state index contributed by atoms with van der Waals surface area (Å²) >= 11 is 0. The minimum atomic E-state index is -3.78. The van der Waals surface area contributed by atoms with E-state index >= 15 is 0 Å². The second-order valence-electron chi connectivity index (χ2n) is 4.39. The van der Waals surface area contributed by atoms with E-state index in [0.717, 1.165) is 12.5 Å². The van der Waals surface area contributed by atoms with Crippen LogP contribution in [0, 0.1) is 16.0 Å². The molecule has 1 atom stereocenters. The predicted octanol–water partition coefficient (Wildman–Crippen LogP) is 1.28. The van der Waals surface area contributed by atoms with Crippen molar-refractivity contribution >= 4 is 15.7 Å². The van der Waals surface area contributed by atoms with Crippen LogP contribution in [-0.2, 0) is 10.0 Å². The van der Waals surface area contributed by atoms with Gasteiger partial charge in [0.1, 0.15) is 0 Å². The molecule has 20 heavy (non-hydrogen) atoms. The van der Waals surface area contributed by atoms with Crippen molar-refractivity contribution in [2.45, 2.75) is 24.7 Å². The van der Waals surface area contributed by atoms with Crippen molar-refractivity contribution in [2.75, 3.05) is 13.2 Å². The first-order valence-electron chi connectivity index (χ1n) is 6.25. The molecule has 2 N–H and O–H groups in total. The van der Waals surface area contributed by atoms with Crippen LogP contribution in [0.2, 0.25) is 0 Å². The first-order chi connectivity index (χ1) is 9.40. The number of non-ortho nitro benzene ring substituents is 1. The van der Waals surface area contributed by atoms with Gasteiger partial charge < -0.3 is 5.11 Å². The Hall–Kier alpha value is -1.51. The van der Waals surface area contributed by atoms with Crippen molar-refractivity contribution in [3.63, 3.8) is 0 Å². The monoisotopic (exact) mass is 302 g/mol. The zero-order valence-corrected chi connectivity index (χ0v) is 12.0. The Bertz CT molecular complexity index is 559. The molecule has 7 nitrogen and oxygen atoms in total. The van der Waals surface area contributed by atoms with E-state index in [-0.39, 0.29) is 29.7 Å². The van der Waals surface area contributed by atoms with Gasteiger partial charge >= 0.3 is 0 Å². The number of nitro groups is 1. The molecular formula is C12H18N2O5S. The second kappa shape index (κ2) is 7.32. The largest absolute Gasteiger partial charge is 0.396 e. The molecule has 0 aliphatic carbocycles. The van der Waals surface area contributed by atoms with Gasteiger partial charge in [0.25, 0.3) is 5.69 Å². The Morgan fingerprint density at radius 1 is 1.45 bits per heavy atom. The Morgan fingerprint density at radius 3 is 2.70 bits per heavy atom. The fraction of sp³-hybridized carbons (Fsp3) is 0.500. The fourth-order valence-corrected chi connectivity index (χ4v) is 2.86. The highest BCUT2D eigenvalue weighted by molar-refractivity contribution is 7.89. The molecule has 0 saturated carbocycles. The van der Waals surface area contributed by atoms with Crippen molar-refractivity contribution in [3.8, 4) is 0 Å². The third-order valence-corrected chi connectivity index (χ3v) is 4.44. The van der Waals surface area contributed by atoms with E-state index in [1.807, 2.05) is 6.92 Å². The van der Waals surface area contributed by atoms with Crippen molar-refractivity contribution in [3.05, 3.63) is 34.4 Å². The molecule has 112 valence electrons. The minimum Gasteiger partial charge on any atom is -0.396 e. The lowest BCUT2D eigenvalue weighted by Crippen LogP contribution is -2.29. The molecule has 0 radical (unpaired) electrons. The summed E-state index contributed by atoms with van der Waals surface area (Å²) in [6.07, 6.45) is 1.24. The number of nitrogens with zero attached hydrogens (tertiary/aromatic N) is 1. The molecular weight excluding hydrogens is 284 g/mol. The Kier molecular flexibility index (Phi) is 6.05. The number of benzene rings is 1. The van der Waals surface area contributed by atoms with Crippen LogP contribution in [0.5, 0.6) is 0 Å². The van der Waals surface area contributed by atoms with Crippen LogP contribution in [0.25, 0.3) is 0 Å². The predicted molar refractivity (Wildman–Crippen MR) is 73.8 cm³/mol. The maximum Gasteiger partial charge on any atom is 0.270 e. The van der Waals surface area contributed by atoms with Crippen LogP contribution in [0.15, 0.2) is 29.2 Å². The quantitative estimate of drug-likeness (QED) is 0.555. The van der Waals surface area contributed by atoms with Crippen molar-refractivity contribution in [2.24, 2.45) is 5.92 Å². The molecule has 0 heterocycles. The van der Waals surface area contributed by atoms with Crippen LogP contribution in [0.3, 0.4) is 0 Å². The normalized spacial score (nSPS) is 13.1. The zero-order valence-electron chi connectivity index (χ0n) is 11.2. The van der Waals surface area contributed by atoms with Crippen LogP contribution in [0.1, 0.15) is 19.8 Å². The number of aliphatic hydroxyl groups excluding tert-OH is 1. The molecule has 1 unspecified atom stereocenters. The summed E-state index contributed by atoms with van der Waals surface area (Å²) in [5.74, 6) is 0.0356. The van der Waals surface area contributed by atoms with Gasteiger partial charge in [-0.15, -0.1) is 0 Å². The first-order valence-corrected chi connectivity index (χ1v) is 7.74. The Morgan fingerprint density at radius 2 is 2.15 bits per heavy atom. The molecule has 0 amide bonds. The molecule has 1 aromatic rings. The first kappa shape index (κ1) is 16.5. The number of nitro benzene ring substituents is 1. The number of hydrogen-bond donors (Lipinski definition) is 2. The number of nitrogens with one attached hydrogen (secondary N) is 1. The van der Waals surface area contributed by atoms with E-state index in [1.165, 1.54) is 18.2 Å². The number of hydrogen-bond acceptors (Lipinski definition) is 5. The highest BCUT2D eigenvalue weighted by Crippen LogP contribution is 2.17. The smallest absolute Gasteiger partial charge is 0.270 e. The van der Waals surface area contributed by atoms with E-state index in [9.17, 15) is 18.5 Å². The lowest BCUT2D eigenvalue weighted by atomic mass is 10.0. The number of sulfonamides is 1. The second-order valence-corrected chi connectivity index (χ2v) is 6.16. The fourth-order valence-electron chi connectivity index (χ4n) is 1.71. The van der Waals surface area contributed by atoms with Gasteiger partial charge in [-0.25, -0.2) is 13.1 Å². The standard InChI is InChI=1S/C12H18N2O5S/c1-2-10(6-7-15)9-13-20(18,19)12-5-3-4-11(8-12)14(16)17/h3-5,8,10,13,15H,2,6-7,9H2,1H3. The molecule has 0 bridgehead atoms. The molecule has 1 aromatic carbocycles. The molecule has 1 rings (SSSR count). The van der Waals surface area contributed by atoms with Gasteiger partial charge in [0.15, 0.2) is 0 Å². The third kappa shape index (κ3) is 4.55. The van der Waals surface area contributed by atoms with Gasteiger partial charge in [-0.1, -0.05) is 19.4 Å². The number of rotatable bonds is 8. The maximum absolute atomic E-state index is 12.0. The third-order valence-electron chi connectivity index (χ3n) is 3.02. The van der Waals surface area contributed by atoms with E-state index < -0.39 is 14.9 Å². The highest BCUT2D eigenvalue weighted by Gasteiger charge is 2.18. The molecule has 0 saturated heterocycles. The average Bonchev–Trinajstić information content (AvgIpc) is 2.43. The molecule has 0 aliphatic rings. The van der Waals surface area contributed by atoms with Gasteiger partial charge in [-0.3, -0.25) is 10.1 Å². The van der Waals surface area contributed by atoms with E-state index in [1.54, 1.807) is 0 Å². The number of aliphatic hydroxyl groups is 1. The van der Waals surface area contributed by atoms with Gasteiger partial charge in [-0.05, 0) is 18.4 Å². The van der Waals surface area contributed by atoms with Crippen LogP contribution < -0.4 is 4.72 Å². The summed E-state index contributed by atoms with van der Waals surface area (Å²) in [5.41, 5.74) is -0.268. The molecule has 0 fully saturated rings. The summed E-state index contributed by atoms with van der Waals surface area (Å²) in [6, 6.07) is 4.90. The van der Waals surface area contributed by atoms with Crippen molar-refractivity contribution in [1.29, 1.82) is 0 Å². The molecule has 8 heteroatoms. The lowest BCUT2D eigenvalue weighted by molar-refractivity contribution is -0.385. The summed E-state index contributed by atoms with van der Waals surface area (Å²) in [6.45, 7) is 2.10. The minimum absolute atomic E-state index is 0.00293. The maximum atomic E-state index is 12.0. The van der Waals surface area contributed by atoms with Crippen LogP contribution in [0.4, 0.5) is 5.69 Å². The topological polar surface area (TPSA) is 110 Å². The Labute approximate surface area is 117 Å². The zero-order chi connectivity index (χ0) is 15.2. The molecule has 0 spiro atoms. The SMILES string of the molecule is CCC(CCO)CNS(=O)(=O)c1cccc([N+](=O)[O-])c1. The van der Waals surface area contributed by atoms with Gasteiger partial charge in [0.05, 0.1) is 9.82 Å². The molecule has 0 aromatic heterocycles. The van der Waals surface area contributed by atoms with Gasteiger partial charge in [0, 0.05) is 25.3 Å². The summed E-state index contributed by atoms with van der Waals surface area (Å²) < 4.78 is 26.5. The van der Waals surface area contributed by atoms with E-state index in [0.29, 0.717) is 6.42 Å². The molecule has 0 aliphatic heterocycles. The Balaban J connectivity index is 2.83. The van der Waals surface area contributed by atoms with Crippen molar-refractivity contribution < 1.29 is 18.4 Å². The summed E-state index contributed by atoms with van der Waals surface area (Å²) in [5, 5.41) is 19.5.